The van der Waals surface area contributed by atoms with Crippen molar-refractivity contribution in [2.75, 3.05) is 13.7 Å². The van der Waals surface area contributed by atoms with Crippen molar-refractivity contribution < 1.29 is 4.74 Å². The molecule has 4 heteroatoms. The Bertz CT molecular complexity index is 325. The van der Waals surface area contributed by atoms with Gasteiger partial charge < -0.3 is 10.1 Å². The maximum Gasteiger partial charge on any atom is 0.232 e. The number of nitrogens with one attached hydrogen (secondary N) is 1. The van der Waals surface area contributed by atoms with Gasteiger partial charge in [0.05, 0.1) is 18.5 Å². The molecule has 1 heterocycles. The normalized spacial score (nSPS) is 10.0. The van der Waals surface area contributed by atoms with Gasteiger partial charge >= 0.3 is 0 Å². The molecule has 0 saturated heterocycles. The first-order valence-electron chi connectivity index (χ1n) is 4.95. The van der Waals surface area contributed by atoms with E-state index in [1.54, 1.807) is 12.4 Å². The fraction of sp³-hybridized carbons (Fsp3) is 0.455. The first-order valence-corrected chi connectivity index (χ1v) is 4.95. The molecule has 0 aliphatic rings. The Balaban J connectivity index is 2.46. The van der Waals surface area contributed by atoms with Crippen LogP contribution in [0.2, 0.25) is 0 Å². The minimum atomic E-state index is 0.573. The number of rotatable bonds is 6. The van der Waals surface area contributed by atoms with Gasteiger partial charge in [-0.1, -0.05) is 5.57 Å². The van der Waals surface area contributed by atoms with Crippen molar-refractivity contribution in [1.29, 1.82) is 0 Å². The molecule has 0 fully saturated rings. The van der Waals surface area contributed by atoms with Crippen molar-refractivity contribution in [2.45, 2.75) is 19.9 Å². The number of nitrogens with zero attached hydrogens (tertiary/aromatic N) is 2. The summed E-state index contributed by atoms with van der Waals surface area (Å²) in [6.07, 6.45) is 4.19. The highest BCUT2D eigenvalue weighted by atomic mass is 16.5. The molecule has 1 N–H and O–H groups in total. The summed E-state index contributed by atoms with van der Waals surface area (Å²) in [6.45, 7) is 7.09. The second-order valence-electron chi connectivity index (χ2n) is 3.43. The van der Waals surface area contributed by atoms with Gasteiger partial charge in [0.25, 0.3) is 0 Å². The highest BCUT2D eigenvalue weighted by molar-refractivity contribution is 5.08. The van der Waals surface area contributed by atoms with Gasteiger partial charge in [-0.05, 0) is 14.0 Å². The topological polar surface area (TPSA) is 47.0 Å². The predicted molar refractivity (Wildman–Crippen MR) is 59.7 cm³/mol. The molecule has 0 saturated carbocycles. The summed E-state index contributed by atoms with van der Waals surface area (Å²) in [7, 11) is 1.87. The molecule has 0 aromatic carbocycles. The van der Waals surface area contributed by atoms with Crippen LogP contribution in [-0.4, -0.2) is 23.6 Å². The van der Waals surface area contributed by atoms with E-state index in [1.807, 2.05) is 14.0 Å². The van der Waals surface area contributed by atoms with Crippen LogP contribution < -0.4 is 10.1 Å². The minimum absolute atomic E-state index is 0.573. The summed E-state index contributed by atoms with van der Waals surface area (Å²) in [5.41, 5.74) is 1.99. The first-order chi connectivity index (χ1) is 7.22. The number of aromatic nitrogens is 2. The highest BCUT2D eigenvalue weighted by Crippen LogP contribution is 2.06. The van der Waals surface area contributed by atoms with Crippen LogP contribution in [0.3, 0.4) is 0 Å². The summed E-state index contributed by atoms with van der Waals surface area (Å²) < 4.78 is 5.44. The zero-order valence-corrected chi connectivity index (χ0v) is 9.29. The average molecular weight is 207 g/mol. The van der Waals surface area contributed by atoms with Gasteiger partial charge in [0.2, 0.25) is 5.88 Å². The third kappa shape index (κ3) is 4.56. The number of hydrogen-bond acceptors (Lipinski definition) is 4. The lowest BCUT2D eigenvalue weighted by Gasteiger charge is -2.05. The second-order valence-corrected chi connectivity index (χ2v) is 3.43. The van der Waals surface area contributed by atoms with Crippen LogP contribution in [0.1, 0.15) is 19.0 Å². The summed E-state index contributed by atoms with van der Waals surface area (Å²) in [5.74, 6) is 0.573. The van der Waals surface area contributed by atoms with Gasteiger partial charge in [-0.15, -0.1) is 6.58 Å². The van der Waals surface area contributed by atoms with Gasteiger partial charge in [0.15, 0.2) is 0 Å². The molecule has 1 aromatic heterocycles. The zero-order chi connectivity index (χ0) is 11.1. The fourth-order valence-electron chi connectivity index (χ4n) is 1.05. The van der Waals surface area contributed by atoms with E-state index in [0.29, 0.717) is 19.0 Å². The van der Waals surface area contributed by atoms with Gasteiger partial charge in [-0.3, -0.25) is 4.98 Å². The molecule has 0 radical (unpaired) electrons. The molecule has 15 heavy (non-hydrogen) atoms. The van der Waals surface area contributed by atoms with Crippen LogP contribution in [0, 0.1) is 0 Å². The second kappa shape index (κ2) is 6.14. The maximum absolute atomic E-state index is 5.44. The molecule has 0 unspecified atom stereocenters. The fourth-order valence-corrected chi connectivity index (χ4v) is 1.05. The Morgan fingerprint density at radius 2 is 2.33 bits per heavy atom. The Hall–Kier alpha value is -1.42. The van der Waals surface area contributed by atoms with E-state index in [9.17, 15) is 0 Å². The molecular weight excluding hydrogens is 190 g/mol. The lowest BCUT2D eigenvalue weighted by atomic mass is 10.3. The smallest absolute Gasteiger partial charge is 0.232 e. The molecule has 0 aliphatic carbocycles. The summed E-state index contributed by atoms with van der Waals surface area (Å²) >= 11 is 0. The molecule has 0 spiro atoms. The Morgan fingerprint density at radius 3 is 3.00 bits per heavy atom. The minimum Gasteiger partial charge on any atom is -0.476 e. The average Bonchev–Trinajstić information content (AvgIpc) is 2.18. The van der Waals surface area contributed by atoms with Crippen LogP contribution in [-0.2, 0) is 6.54 Å². The SMILES string of the molecule is C=C(C)CCOc1cncc(CNC)n1. The Kier molecular flexibility index (Phi) is 4.77. The molecule has 0 atom stereocenters. The monoisotopic (exact) mass is 207 g/mol. The van der Waals surface area contributed by atoms with Gasteiger partial charge in [0.1, 0.15) is 0 Å². The summed E-state index contributed by atoms with van der Waals surface area (Å²) in [5, 5.41) is 3.01. The van der Waals surface area contributed by atoms with Crippen molar-refractivity contribution in [1.82, 2.24) is 15.3 Å². The quantitative estimate of drug-likeness (QED) is 0.719. The molecule has 82 valence electrons. The van der Waals surface area contributed by atoms with E-state index in [0.717, 1.165) is 17.7 Å². The van der Waals surface area contributed by atoms with Gasteiger partial charge in [-0.25, -0.2) is 4.98 Å². The van der Waals surface area contributed by atoms with Crippen molar-refractivity contribution >= 4 is 0 Å². The van der Waals surface area contributed by atoms with Crippen LogP contribution in [0.5, 0.6) is 5.88 Å². The lowest BCUT2D eigenvalue weighted by molar-refractivity contribution is 0.306. The Morgan fingerprint density at radius 1 is 1.53 bits per heavy atom. The van der Waals surface area contributed by atoms with Crippen molar-refractivity contribution in [3.63, 3.8) is 0 Å². The predicted octanol–water partition coefficient (Wildman–Crippen LogP) is 1.54. The van der Waals surface area contributed by atoms with Crippen LogP contribution >= 0.6 is 0 Å². The lowest BCUT2D eigenvalue weighted by Crippen LogP contribution is -2.08. The third-order valence-electron chi connectivity index (χ3n) is 1.80. The van der Waals surface area contributed by atoms with Gasteiger partial charge in [-0.2, -0.15) is 0 Å². The van der Waals surface area contributed by atoms with E-state index in [-0.39, 0.29) is 0 Å². The van der Waals surface area contributed by atoms with Crippen molar-refractivity contribution in [2.24, 2.45) is 0 Å². The number of ether oxygens (including phenoxy) is 1. The highest BCUT2D eigenvalue weighted by Gasteiger charge is 1.98. The Labute approximate surface area is 90.4 Å². The molecule has 1 aromatic rings. The molecule has 0 amide bonds. The summed E-state index contributed by atoms with van der Waals surface area (Å²) in [6, 6.07) is 0. The van der Waals surface area contributed by atoms with E-state index in [4.69, 9.17) is 4.74 Å². The molecule has 0 bridgehead atoms. The van der Waals surface area contributed by atoms with Crippen LogP contribution in [0.25, 0.3) is 0 Å². The largest absolute Gasteiger partial charge is 0.476 e. The van der Waals surface area contributed by atoms with Crippen LogP contribution in [0.15, 0.2) is 24.5 Å². The zero-order valence-electron chi connectivity index (χ0n) is 9.29. The molecule has 1 rings (SSSR count). The third-order valence-corrected chi connectivity index (χ3v) is 1.80. The summed E-state index contributed by atoms with van der Waals surface area (Å²) in [4.78, 5) is 8.33. The van der Waals surface area contributed by atoms with Crippen LogP contribution in [0.4, 0.5) is 0 Å². The first kappa shape index (κ1) is 11.7. The molecule has 0 aliphatic heterocycles. The maximum atomic E-state index is 5.44. The van der Waals surface area contributed by atoms with E-state index in [2.05, 4.69) is 21.9 Å². The molecular formula is C11H17N3O. The number of hydrogen-bond donors (Lipinski definition) is 1. The van der Waals surface area contributed by atoms with E-state index >= 15 is 0 Å². The standard InChI is InChI=1S/C11H17N3O/c1-9(2)4-5-15-11-8-13-7-10(14-11)6-12-3/h7-8,12H,1,4-6H2,2-3H3. The molecule has 4 nitrogen and oxygen atoms in total. The van der Waals surface area contributed by atoms with E-state index < -0.39 is 0 Å². The van der Waals surface area contributed by atoms with E-state index in [1.165, 1.54) is 0 Å². The van der Waals surface area contributed by atoms with Crippen molar-refractivity contribution in [3.05, 3.63) is 30.2 Å². The van der Waals surface area contributed by atoms with Gasteiger partial charge in [0, 0.05) is 19.2 Å². The van der Waals surface area contributed by atoms with Crippen molar-refractivity contribution in [3.8, 4) is 5.88 Å².